The van der Waals surface area contributed by atoms with Crippen LogP contribution in [0.2, 0.25) is 0 Å². The van der Waals surface area contributed by atoms with Crippen molar-refractivity contribution in [2.24, 2.45) is 5.92 Å². The smallest absolute Gasteiger partial charge is 0.254 e. The number of carbonyl (C=O) groups is 1. The van der Waals surface area contributed by atoms with Gasteiger partial charge in [0.15, 0.2) is 0 Å². The Bertz CT molecular complexity index is 415. The maximum Gasteiger partial charge on any atom is 0.254 e. The first-order valence-electron chi connectivity index (χ1n) is 6.60. The lowest BCUT2D eigenvalue weighted by molar-refractivity contribution is 0.0548. The molecule has 0 N–H and O–H groups in total. The quantitative estimate of drug-likeness (QED) is 0.793. The lowest BCUT2D eigenvalue weighted by Crippen LogP contribution is -2.47. The van der Waals surface area contributed by atoms with E-state index in [-0.39, 0.29) is 11.4 Å². The highest BCUT2D eigenvalue weighted by molar-refractivity contribution is 5.94. The van der Waals surface area contributed by atoms with Crippen molar-refractivity contribution in [3.8, 4) is 0 Å². The fourth-order valence-electron chi connectivity index (χ4n) is 1.96. The second-order valence-corrected chi connectivity index (χ2v) is 6.35. The molecule has 0 aromatic heterocycles. The Morgan fingerprint density at radius 1 is 1.28 bits per heavy atom. The van der Waals surface area contributed by atoms with Gasteiger partial charge in [0.2, 0.25) is 0 Å². The van der Waals surface area contributed by atoms with Crippen molar-refractivity contribution in [3.05, 3.63) is 35.4 Å². The van der Waals surface area contributed by atoms with Gasteiger partial charge in [0.05, 0.1) is 0 Å². The molecule has 1 aromatic carbocycles. The number of amides is 1. The van der Waals surface area contributed by atoms with Crippen LogP contribution in [0, 0.1) is 12.8 Å². The lowest BCUT2D eigenvalue weighted by Gasteiger charge is -2.37. The van der Waals surface area contributed by atoms with E-state index in [9.17, 15) is 4.79 Å². The summed E-state index contributed by atoms with van der Waals surface area (Å²) in [5.74, 6) is 0.595. The summed E-state index contributed by atoms with van der Waals surface area (Å²) in [6, 6.07) is 7.81. The summed E-state index contributed by atoms with van der Waals surface area (Å²) in [5, 5.41) is 0. The third kappa shape index (κ3) is 3.86. The van der Waals surface area contributed by atoms with E-state index >= 15 is 0 Å². The van der Waals surface area contributed by atoms with Crippen LogP contribution in [0.4, 0.5) is 0 Å². The second kappa shape index (κ2) is 5.55. The number of carbonyl (C=O) groups excluding carboxylic acids is 1. The summed E-state index contributed by atoms with van der Waals surface area (Å²) >= 11 is 0. The van der Waals surface area contributed by atoms with Gasteiger partial charge < -0.3 is 4.90 Å². The van der Waals surface area contributed by atoms with Gasteiger partial charge in [0.1, 0.15) is 0 Å². The summed E-state index contributed by atoms with van der Waals surface area (Å²) in [5.41, 5.74) is 1.76. The van der Waals surface area contributed by atoms with E-state index < -0.39 is 0 Å². The van der Waals surface area contributed by atoms with Crippen LogP contribution in [0.1, 0.15) is 50.5 Å². The zero-order valence-corrected chi connectivity index (χ0v) is 12.4. The Hall–Kier alpha value is -1.31. The van der Waals surface area contributed by atoms with Crippen LogP contribution in [0.25, 0.3) is 0 Å². The van der Waals surface area contributed by atoms with E-state index in [1.807, 2.05) is 36.1 Å². The molecule has 0 aliphatic rings. The van der Waals surface area contributed by atoms with E-state index in [0.29, 0.717) is 5.92 Å². The van der Waals surface area contributed by atoms with Gasteiger partial charge in [-0.25, -0.2) is 0 Å². The lowest BCUT2D eigenvalue weighted by atomic mass is 10.0. The molecule has 0 saturated carbocycles. The molecule has 0 spiro atoms. The Morgan fingerprint density at radius 2 is 1.89 bits per heavy atom. The normalized spacial score (nSPS) is 11.7. The molecule has 0 radical (unpaired) electrons. The van der Waals surface area contributed by atoms with Crippen LogP contribution in [-0.2, 0) is 0 Å². The van der Waals surface area contributed by atoms with Crippen LogP contribution in [0.15, 0.2) is 24.3 Å². The van der Waals surface area contributed by atoms with Crippen LogP contribution in [-0.4, -0.2) is 22.9 Å². The number of rotatable bonds is 3. The highest BCUT2D eigenvalue weighted by Gasteiger charge is 2.27. The van der Waals surface area contributed by atoms with Crippen molar-refractivity contribution in [1.82, 2.24) is 4.90 Å². The molecule has 0 aliphatic carbocycles. The molecule has 2 heteroatoms. The van der Waals surface area contributed by atoms with Gasteiger partial charge in [0.25, 0.3) is 5.91 Å². The van der Waals surface area contributed by atoms with E-state index in [1.54, 1.807) is 0 Å². The molecule has 0 bridgehead atoms. The topological polar surface area (TPSA) is 20.3 Å². The predicted octanol–water partition coefficient (Wildman–Crippen LogP) is 3.89. The zero-order valence-electron chi connectivity index (χ0n) is 12.4. The average molecular weight is 247 g/mol. The Labute approximate surface area is 111 Å². The number of hydrogen-bond donors (Lipinski definition) is 0. The van der Waals surface area contributed by atoms with Crippen molar-refractivity contribution in [3.63, 3.8) is 0 Å². The van der Waals surface area contributed by atoms with Crippen molar-refractivity contribution in [2.75, 3.05) is 6.54 Å². The fraction of sp³-hybridized carbons (Fsp3) is 0.562. The molecule has 0 atom stereocenters. The van der Waals surface area contributed by atoms with Crippen LogP contribution >= 0.6 is 0 Å². The second-order valence-electron chi connectivity index (χ2n) is 6.35. The van der Waals surface area contributed by atoms with Gasteiger partial charge in [-0.1, -0.05) is 31.5 Å². The molecule has 0 aliphatic heterocycles. The van der Waals surface area contributed by atoms with Crippen molar-refractivity contribution in [1.29, 1.82) is 0 Å². The molecular weight excluding hydrogens is 222 g/mol. The van der Waals surface area contributed by atoms with Crippen molar-refractivity contribution < 1.29 is 4.79 Å². The molecule has 1 aromatic rings. The summed E-state index contributed by atoms with van der Waals surface area (Å²) in [7, 11) is 0. The number of benzene rings is 1. The first kappa shape index (κ1) is 14.7. The largest absolute Gasteiger partial charge is 0.334 e. The van der Waals surface area contributed by atoms with Gasteiger partial charge >= 0.3 is 0 Å². The van der Waals surface area contributed by atoms with Crippen molar-refractivity contribution >= 4 is 5.91 Å². The summed E-state index contributed by atoms with van der Waals surface area (Å²) in [6.45, 7) is 13.3. The van der Waals surface area contributed by atoms with Gasteiger partial charge in [0, 0.05) is 17.6 Å². The molecule has 2 nitrogen and oxygen atoms in total. The maximum absolute atomic E-state index is 12.6. The van der Waals surface area contributed by atoms with Gasteiger partial charge in [-0.2, -0.15) is 0 Å². The van der Waals surface area contributed by atoms with E-state index in [0.717, 1.165) is 17.7 Å². The molecule has 0 fully saturated rings. The zero-order chi connectivity index (χ0) is 13.9. The first-order chi connectivity index (χ1) is 8.21. The van der Waals surface area contributed by atoms with Gasteiger partial charge in [-0.15, -0.1) is 0 Å². The minimum absolute atomic E-state index is 0.125. The van der Waals surface area contributed by atoms with Crippen LogP contribution in [0.5, 0.6) is 0 Å². The van der Waals surface area contributed by atoms with Crippen molar-refractivity contribution in [2.45, 2.75) is 47.1 Å². The van der Waals surface area contributed by atoms with Crippen LogP contribution < -0.4 is 0 Å². The minimum atomic E-state index is -0.148. The van der Waals surface area contributed by atoms with Gasteiger partial charge in [-0.3, -0.25) is 4.79 Å². The Balaban J connectivity index is 3.03. The molecular formula is C16H25NO. The third-order valence-corrected chi connectivity index (χ3v) is 2.87. The summed E-state index contributed by atoms with van der Waals surface area (Å²) in [6.07, 6.45) is 0. The van der Waals surface area contributed by atoms with E-state index in [1.165, 1.54) is 0 Å². The highest BCUT2D eigenvalue weighted by Crippen LogP contribution is 2.19. The molecule has 1 amide bonds. The standard InChI is InChI=1S/C16H25NO/c1-12(2)11-17(16(4,5)6)15(18)14-9-7-8-13(3)10-14/h7-10,12H,11H2,1-6H3. The monoisotopic (exact) mass is 247 g/mol. The third-order valence-electron chi connectivity index (χ3n) is 2.87. The average Bonchev–Trinajstić information content (AvgIpc) is 2.23. The van der Waals surface area contributed by atoms with E-state index in [4.69, 9.17) is 0 Å². The molecule has 0 heterocycles. The Kier molecular flexibility index (Phi) is 4.55. The fourth-order valence-corrected chi connectivity index (χ4v) is 1.96. The number of aryl methyl sites for hydroxylation is 1. The first-order valence-corrected chi connectivity index (χ1v) is 6.60. The summed E-state index contributed by atoms with van der Waals surface area (Å²) < 4.78 is 0. The molecule has 100 valence electrons. The maximum atomic E-state index is 12.6. The predicted molar refractivity (Wildman–Crippen MR) is 76.8 cm³/mol. The molecule has 18 heavy (non-hydrogen) atoms. The highest BCUT2D eigenvalue weighted by atomic mass is 16.2. The Morgan fingerprint density at radius 3 is 2.33 bits per heavy atom. The molecule has 0 saturated heterocycles. The molecule has 1 rings (SSSR count). The summed E-state index contributed by atoms with van der Waals surface area (Å²) in [4.78, 5) is 14.6. The number of hydrogen-bond acceptors (Lipinski definition) is 1. The SMILES string of the molecule is Cc1cccc(C(=O)N(CC(C)C)C(C)(C)C)c1. The number of nitrogens with zero attached hydrogens (tertiary/aromatic N) is 1. The van der Waals surface area contributed by atoms with Gasteiger partial charge in [-0.05, 0) is 45.7 Å². The minimum Gasteiger partial charge on any atom is -0.334 e. The molecule has 0 unspecified atom stereocenters. The van der Waals surface area contributed by atoms with E-state index in [2.05, 4.69) is 34.6 Å². The van der Waals surface area contributed by atoms with Crippen LogP contribution in [0.3, 0.4) is 0 Å².